The molecule has 10 heteroatoms. The van der Waals surface area contributed by atoms with Crippen molar-refractivity contribution in [3.63, 3.8) is 0 Å². The lowest BCUT2D eigenvalue weighted by Crippen LogP contribution is -2.17. The SMILES string of the molecule is O=C(Nc1ccn(Cc2c(Cl)cccc2C(F)(F)F)n1)c1c(F)cccc1F. The van der Waals surface area contributed by atoms with Crippen LogP contribution in [-0.4, -0.2) is 15.7 Å². The van der Waals surface area contributed by atoms with Crippen LogP contribution in [0.3, 0.4) is 0 Å². The van der Waals surface area contributed by atoms with E-state index in [1.54, 1.807) is 0 Å². The zero-order valence-electron chi connectivity index (χ0n) is 13.9. The first kappa shape index (κ1) is 19.8. The summed E-state index contributed by atoms with van der Waals surface area (Å²) >= 11 is 5.90. The number of anilines is 1. The third-order valence-corrected chi connectivity index (χ3v) is 4.17. The van der Waals surface area contributed by atoms with Gasteiger partial charge in [-0.2, -0.15) is 18.3 Å². The van der Waals surface area contributed by atoms with Crippen LogP contribution in [0.15, 0.2) is 48.7 Å². The summed E-state index contributed by atoms with van der Waals surface area (Å²) < 4.78 is 67.9. The molecular formula is C18H11ClF5N3O. The number of hydrogen-bond donors (Lipinski definition) is 1. The van der Waals surface area contributed by atoms with Gasteiger partial charge in [-0.1, -0.05) is 23.7 Å². The average Bonchev–Trinajstić information content (AvgIpc) is 3.02. The van der Waals surface area contributed by atoms with Crippen LogP contribution in [0.1, 0.15) is 21.5 Å². The highest BCUT2D eigenvalue weighted by atomic mass is 35.5. The van der Waals surface area contributed by atoms with Gasteiger partial charge in [0.25, 0.3) is 5.91 Å². The highest BCUT2D eigenvalue weighted by Gasteiger charge is 2.34. The molecule has 1 aromatic heterocycles. The third kappa shape index (κ3) is 4.14. The van der Waals surface area contributed by atoms with Crippen LogP contribution in [-0.2, 0) is 12.7 Å². The summed E-state index contributed by atoms with van der Waals surface area (Å²) in [5.41, 5.74) is -1.89. The van der Waals surface area contributed by atoms with Crippen LogP contribution >= 0.6 is 11.6 Å². The lowest BCUT2D eigenvalue weighted by molar-refractivity contribution is -0.138. The number of alkyl halides is 3. The largest absolute Gasteiger partial charge is 0.416 e. The Labute approximate surface area is 160 Å². The quantitative estimate of drug-likeness (QED) is 0.600. The van der Waals surface area contributed by atoms with E-state index in [1.165, 1.54) is 24.4 Å². The zero-order chi connectivity index (χ0) is 20.5. The van der Waals surface area contributed by atoms with Crippen molar-refractivity contribution in [1.82, 2.24) is 9.78 Å². The Kier molecular flexibility index (Phi) is 5.37. The molecule has 0 saturated carbocycles. The van der Waals surface area contributed by atoms with Crippen molar-refractivity contribution in [2.45, 2.75) is 12.7 Å². The second kappa shape index (κ2) is 7.59. The van der Waals surface area contributed by atoms with Crippen molar-refractivity contribution in [2.75, 3.05) is 5.32 Å². The summed E-state index contributed by atoms with van der Waals surface area (Å²) in [5.74, 6) is -3.27. The molecule has 0 radical (unpaired) electrons. The van der Waals surface area contributed by atoms with Gasteiger partial charge in [-0.15, -0.1) is 0 Å². The number of halogens is 6. The Bertz CT molecular complexity index is 1010. The number of hydrogen-bond acceptors (Lipinski definition) is 2. The summed E-state index contributed by atoms with van der Waals surface area (Å²) in [6.07, 6.45) is -3.30. The van der Waals surface area contributed by atoms with Crippen LogP contribution in [0, 0.1) is 11.6 Å². The second-order valence-corrected chi connectivity index (χ2v) is 6.12. The normalized spacial score (nSPS) is 11.5. The molecule has 0 bridgehead atoms. The Hall–Kier alpha value is -2.94. The predicted molar refractivity (Wildman–Crippen MR) is 92.1 cm³/mol. The van der Waals surface area contributed by atoms with Gasteiger partial charge in [0.1, 0.15) is 17.2 Å². The van der Waals surface area contributed by atoms with Crippen molar-refractivity contribution in [3.05, 3.63) is 82.0 Å². The Balaban J connectivity index is 1.82. The molecule has 0 aliphatic rings. The van der Waals surface area contributed by atoms with Gasteiger partial charge in [0.05, 0.1) is 12.1 Å². The summed E-state index contributed by atoms with van der Waals surface area (Å²) in [6.45, 7) is -0.321. The molecule has 0 aliphatic carbocycles. The van der Waals surface area contributed by atoms with Crippen LogP contribution in [0.4, 0.5) is 27.8 Å². The minimum atomic E-state index is -4.60. The van der Waals surface area contributed by atoms with E-state index < -0.39 is 34.8 Å². The average molecular weight is 416 g/mol. The molecule has 1 N–H and O–H groups in total. The molecule has 0 saturated heterocycles. The summed E-state index contributed by atoms with van der Waals surface area (Å²) in [5, 5.41) is 6.01. The van der Waals surface area contributed by atoms with Crippen molar-refractivity contribution < 1.29 is 26.7 Å². The van der Waals surface area contributed by atoms with Crippen molar-refractivity contribution in [2.24, 2.45) is 0 Å². The molecule has 0 atom stereocenters. The fourth-order valence-corrected chi connectivity index (χ4v) is 2.79. The van der Waals surface area contributed by atoms with Crippen LogP contribution in [0.2, 0.25) is 5.02 Å². The number of benzene rings is 2. The second-order valence-electron chi connectivity index (χ2n) is 5.71. The Morgan fingerprint density at radius 1 is 1.07 bits per heavy atom. The molecule has 3 aromatic rings. The molecule has 28 heavy (non-hydrogen) atoms. The smallest absolute Gasteiger partial charge is 0.305 e. The van der Waals surface area contributed by atoms with Gasteiger partial charge in [-0.3, -0.25) is 9.48 Å². The zero-order valence-corrected chi connectivity index (χ0v) is 14.7. The molecule has 0 unspecified atom stereocenters. The molecule has 1 heterocycles. The first-order valence-corrected chi connectivity index (χ1v) is 8.18. The van der Waals surface area contributed by atoms with E-state index in [1.807, 2.05) is 0 Å². The molecule has 3 rings (SSSR count). The van der Waals surface area contributed by atoms with Gasteiger partial charge in [0.2, 0.25) is 0 Å². The van der Waals surface area contributed by atoms with Gasteiger partial charge in [0, 0.05) is 22.8 Å². The third-order valence-electron chi connectivity index (χ3n) is 3.82. The molecule has 4 nitrogen and oxygen atoms in total. The molecule has 0 spiro atoms. The molecular weight excluding hydrogens is 405 g/mol. The van der Waals surface area contributed by atoms with Crippen LogP contribution < -0.4 is 5.32 Å². The lowest BCUT2D eigenvalue weighted by Gasteiger charge is -2.14. The van der Waals surface area contributed by atoms with E-state index in [0.29, 0.717) is 0 Å². The maximum absolute atomic E-state index is 13.6. The van der Waals surface area contributed by atoms with E-state index in [0.717, 1.165) is 28.9 Å². The lowest BCUT2D eigenvalue weighted by atomic mass is 10.1. The maximum atomic E-state index is 13.6. The monoisotopic (exact) mass is 415 g/mol. The van der Waals surface area contributed by atoms with Gasteiger partial charge < -0.3 is 5.32 Å². The van der Waals surface area contributed by atoms with Crippen LogP contribution in [0.25, 0.3) is 0 Å². The first-order valence-electron chi connectivity index (χ1n) is 7.80. The first-order chi connectivity index (χ1) is 13.2. The number of carbonyl (C=O) groups is 1. The molecule has 146 valence electrons. The predicted octanol–water partition coefficient (Wildman–Crippen LogP) is 5.13. The Morgan fingerprint density at radius 3 is 2.36 bits per heavy atom. The highest BCUT2D eigenvalue weighted by molar-refractivity contribution is 6.31. The van der Waals surface area contributed by atoms with E-state index in [-0.39, 0.29) is 22.9 Å². The number of aromatic nitrogens is 2. The van der Waals surface area contributed by atoms with E-state index >= 15 is 0 Å². The summed E-state index contributed by atoms with van der Waals surface area (Å²) in [6, 6.07) is 7.64. The van der Waals surface area contributed by atoms with Gasteiger partial charge in [-0.25, -0.2) is 8.78 Å². The van der Waals surface area contributed by atoms with Crippen molar-refractivity contribution in [1.29, 1.82) is 0 Å². The fraction of sp³-hybridized carbons (Fsp3) is 0.111. The van der Waals surface area contributed by atoms with E-state index in [2.05, 4.69) is 10.4 Å². The van der Waals surface area contributed by atoms with E-state index in [4.69, 9.17) is 11.6 Å². The topological polar surface area (TPSA) is 46.9 Å². The van der Waals surface area contributed by atoms with Crippen LogP contribution in [0.5, 0.6) is 0 Å². The number of nitrogens with zero attached hydrogens (tertiary/aromatic N) is 2. The summed E-state index contributed by atoms with van der Waals surface area (Å²) in [4.78, 5) is 12.1. The number of nitrogens with one attached hydrogen (secondary N) is 1. The minimum Gasteiger partial charge on any atom is -0.305 e. The molecule has 1 amide bonds. The standard InChI is InChI=1S/C18H11ClF5N3O/c19-12-4-1-3-11(18(22,23)24)10(12)9-27-8-7-15(26-27)25-17(28)16-13(20)5-2-6-14(16)21/h1-8H,9H2,(H,25,26,28). The molecule has 0 aliphatic heterocycles. The van der Waals surface area contributed by atoms with E-state index in [9.17, 15) is 26.7 Å². The number of carbonyl (C=O) groups excluding carboxylic acids is 1. The molecule has 2 aromatic carbocycles. The maximum Gasteiger partial charge on any atom is 0.416 e. The summed E-state index contributed by atoms with van der Waals surface area (Å²) in [7, 11) is 0. The Morgan fingerprint density at radius 2 is 1.71 bits per heavy atom. The van der Waals surface area contributed by atoms with Gasteiger partial charge in [0.15, 0.2) is 5.82 Å². The fourth-order valence-electron chi connectivity index (χ4n) is 2.56. The van der Waals surface area contributed by atoms with Crippen molar-refractivity contribution in [3.8, 4) is 0 Å². The van der Waals surface area contributed by atoms with Gasteiger partial charge in [-0.05, 0) is 24.3 Å². The van der Waals surface area contributed by atoms with Crippen molar-refractivity contribution >= 4 is 23.3 Å². The number of rotatable bonds is 4. The number of amides is 1. The minimum absolute atomic E-state index is 0.0896. The van der Waals surface area contributed by atoms with Gasteiger partial charge >= 0.3 is 6.18 Å². The molecule has 0 fully saturated rings. The highest BCUT2D eigenvalue weighted by Crippen LogP contribution is 2.35.